The maximum atomic E-state index is 2.39. The predicted octanol–water partition coefficient (Wildman–Crippen LogP) is 2.26. The van der Waals surface area contributed by atoms with E-state index >= 15 is 0 Å². The highest BCUT2D eigenvalue weighted by Crippen LogP contribution is 2.33. The van der Waals surface area contributed by atoms with E-state index in [0.717, 1.165) is 11.8 Å². The van der Waals surface area contributed by atoms with Gasteiger partial charge in [-0.2, -0.15) is 0 Å². The van der Waals surface area contributed by atoms with Crippen molar-refractivity contribution in [2.75, 3.05) is 0 Å². The van der Waals surface area contributed by atoms with Crippen molar-refractivity contribution in [2.45, 2.75) is 26.7 Å². The number of hydrogen-bond acceptors (Lipinski definition) is 0. The van der Waals surface area contributed by atoms with Gasteiger partial charge in [-0.1, -0.05) is 13.8 Å². The maximum absolute atomic E-state index is 2.39. The van der Waals surface area contributed by atoms with Gasteiger partial charge in [0.2, 0.25) is 0 Å². The van der Waals surface area contributed by atoms with E-state index in [0.29, 0.717) is 0 Å². The lowest BCUT2D eigenvalue weighted by molar-refractivity contribution is 0.550. The normalized spacial score (nSPS) is 21.0. The Morgan fingerprint density at radius 3 is 2.43 bits per heavy atom. The molecule has 1 saturated carbocycles. The third-order valence-corrected chi connectivity index (χ3v) is 1.34. The van der Waals surface area contributed by atoms with E-state index in [4.69, 9.17) is 0 Å². The molecular weight excluding hydrogens is 84.1 g/mol. The number of hydrogen-bond donors (Lipinski definition) is 0. The van der Waals surface area contributed by atoms with Gasteiger partial charge in [0.05, 0.1) is 0 Å². The maximum Gasteiger partial charge on any atom is -0.0352 e. The molecule has 1 rings (SSSR count). The van der Waals surface area contributed by atoms with Crippen LogP contribution < -0.4 is 0 Å². The second kappa shape index (κ2) is 1.85. The van der Waals surface area contributed by atoms with Gasteiger partial charge < -0.3 is 0 Å². The first kappa shape index (κ1) is 5.14. The van der Waals surface area contributed by atoms with Crippen LogP contribution in [0.15, 0.2) is 0 Å². The smallest absolute Gasteiger partial charge is 0.0352 e. The van der Waals surface area contributed by atoms with Gasteiger partial charge in [0.15, 0.2) is 0 Å². The summed E-state index contributed by atoms with van der Waals surface area (Å²) in [5.41, 5.74) is 0. The molecule has 0 aliphatic heterocycles. The van der Waals surface area contributed by atoms with E-state index in [-0.39, 0.29) is 0 Å². The van der Waals surface area contributed by atoms with Crippen molar-refractivity contribution in [1.29, 1.82) is 0 Å². The standard InChI is InChI=1S/C7H13/c1-6(2)5-7-3-4-7/h3,6-7H,4-5H2,1-2H3. The predicted molar refractivity (Wildman–Crippen MR) is 31.9 cm³/mol. The van der Waals surface area contributed by atoms with E-state index < -0.39 is 0 Å². The van der Waals surface area contributed by atoms with Crippen LogP contribution in [0.2, 0.25) is 0 Å². The Balaban J connectivity index is 1.97. The molecule has 0 nitrogen and oxygen atoms in total. The third kappa shape index (κ3) is 1.96. The highest BCUT2D eigenvalue weighted by atomic mass is 14.3. The van der Waals surface area contributed by atoms with Crippen LogP contribution in [0.3, 0.4) is 0 Å². The summed E-state index contributed by atoms with van der Waals surface area (Å²) < 4.78 is 0. The fourth-order valence-electron chi connectivity index (χ4n) is 0.894. The minimum atomic E-state index is 0.906. The van der Waals surface area contributed by atoms with Gasteiger partial charge in [-0.25, -0.2) is 0 Å². The molecule has 7 heavy (non-hydrogen) atoms. The second-order valence-corrected chi connectivity index (χ2v) is 2.86. The minimum Gasteiger partial charge on any atom is -0.0628 e. The Kier molecular flexibility index (Phi) is 1.36. The lowest BCUT2D eigenvalue weighted by Crippen LogP contribution is -1.86. The van der Waals surface area contributed by atoms with Gasteiger partial charge in [0.1, 0.15) is 0 Å². The molecule has 1 radical (unpaired) electrons. The Hall–Kier alpha value is 0. The van der Waals surface area contributed by atoms with Crippen LogP contribution in [0.25, 0.3) is 0 Å². The lowest BCUT2D eigenvalue weighted by atomic mass is 10.1. The van der Waals surface area contributed by atoms with Crippen molar-refractivity contribution < 1.29 is 0 Å². The zero-order chi connectivity index (χ0) is 5.28. The highest BCUT2D eigenvalue weighted by Gasteiger charge is 2.21. The monoisotopic (exact) mass is 97.1 g/mol. The molecular formula is C7H13. The van der Waals surface area contributed by atoms with Crippen LogP contribution in [0.1, 0.15) is 26.7 Å². The van der Waals surface area contributed by atoms with Crippen molar-refractivity contribution in [3.8, 4) is 0 Å². The van der Waals surface area contributed by atoms with Crippen molar-refractivity contribution in [3.63, 3.8) is 0 Å². The zero-order valence-electron chi connectivity index (χ0n) is 5.15. The lowest BCUT2D eigenvalue weighted by Gasteiger charge is -1.97. The van der Waals surface area contributed by atoms with E-state index in [1.165, 1.54) is 12.8 Å². The van der Waals surface area contributed by atoms with Crippen LogP contribution in [0.5, 0.6) is 0 Å². The quantitative estimate of drug-likeness (QED) is 0.495. The molecule has 0 saturated heterocycles. The molecule has 0 aromatic rings. The first-order valence-electron chi connectivity index (χ1n) is 3.12. The van der Waals surface area contributed by atoms with Crippen LogP contribution in [0, 0.1) is 18.3 Å². The molecule has 41 valence electrons. The molecule has 0 N–H and O–H groups in total. The van der Waals surface area contributed by atoms with Crippen molar-refractivity contribution in [2.24, 2.45) is 11.8 Å². The summed E-state index contributed by atoms with van der Waals surface area (Å²) in [6.45, 7) is 4.57. The average Bonchev–Trinajstić information content (AvgIpc) is 2.17. The Morgan fingerprint density at radius 1 is 1.71 bits per heavy atom. The Bertz CT molecular complexity index is 51.1. The molecule has 0 heteroatoms. The fourth-order valence-corrected chi connectivity index (χ4v) is 0.894. The summed E-state index contributed by atoms with van der Waals surface area (Å²) in [5.74, 6) is 1.91. The molecule has 1 atom stereocenters. The Labute approximate surface area is 45.9 Å². The summed E-state index contributed by atoms with van der Waals surface area (Å²) in [6, 6.07) is 0. The van der Waals surface area contributed by atoms with Gasteiger partial charge in [-0.05, 0) is 31.1 Å². The molecule has 1 aliphatic carbocycles. The van der Waals surface area contributed by atoms with Crippen molar-refractivity contribution >= 4 is 0 Å². The van der Waals surface area contributed by atoms with Crippen molar-refractivity contribution in [3.05, 3.63) is 6.42 Å². The van der Waals surface area contributed by atoms with E-state index in [2.05, 4.69) is 20.3 Å². The summed E-state index contributed by atoms with van der Waals surface area (Å²) in [6.07, 6.45) is 5.19. The van der Waals surface area contributed by atoms with Crippen LogP contribution in [-0.2, 0) is 0 Å². The summed E-state index contributed by atoms with van der Waals surface area (Å²) in [5, 5.41) is 0. The zero-order valence-corrected chi connectivity index (χ0v) is 5.15. The molecule has 0 aromatic heterocycles. The minimum absolute atomic E-state index is 0.906. The van der Waals surface area contributed by atoms with Gasteiger partial charge in [0, 0.05) is 0 Å². The molecule has 0 aromatic carbocycles. The SMILES string of the molecule is CC(C)CC1[CH]C1. The molecule has 1 unspecified atom stereocenters. The largest absolute Gasteiger partial charge is 0.0628 e. The molecule has 0 amide bonds. The number of rotatable bonds is 2. The second-order valence-electron chi connectivity index (χ2n) is 2.86. The summed E-state index contributed by atoms with van der Waals surface area (Å²) in [4.78, 5) is 0. The Morgan fingerprint density at radius 2 is 2.29 bits per heavy atom. The average molecular weight is 97.2 g/mol. The first-order chi connectivity index (χ1) is 3.29. The van der Waals surface area contributed by atoms with Crippen LogP contribution >= 0.6 is 0 Å². The molecule has 0 heterocycles. The molecule has 1 fully saturated rings. The fraction of sp³-hybridized carbons (Fsp3) is 0.857. The van der Waals surface area contributed by atoms with E-state index in [1.807, 2.05) is 0 Å². The van der Waals surface area contributed by atoms with Crippen LogP contribution in [-0.4, -0.2) is 0 Å². The van der Waals surface area contributed by atoms with Gasteiger partial charge in [0.25, 0.3) is 0 Å². The summed E-state index contributed by atoms with van der Waals surface area (Å²) >= 11 is 0. The van der Waals surface area contributed by atoms with Gasteiger partial charge in [-0.15, -0.1) is 0 Å². The van der Waals surface area contributed by atoms with E-state index in [1.54, 1.807) is 0 Å². The first-order valence-corrected chi connectivity index (χ1v) is 3.12. The van der Waals surface area contributed by atoms with Gasteiger partial charge in [-0.3, -0.25) is 0 Å². The topological polar surface area (TPSA) is 0 Å². The van der Waals surface area contributed by atoms with E-state index in [9.17, 15) is 0 Å². The van der Waals surface area contributed by atoms with Gasteiger partial charge >= 0.3 is 0 Å². The van der Waals surface area contributed by atoms with Crippen LogP contribution in [0.4, 0.5) is 0 Å². The molecule has 0 spiro atoms. The molecule has 1 aliphatic rings. The third-order valence-electron chi connectivity index (χ3n) is 1.34. The molecule has 0 bridgehead atoms. The summed E-state index contributed by atoms with van der Waals surface area (Å²) in [7, 11) is 0. The highest BCUT2D eigenvalue weighted by molar-refractivity contribution is 4.94. The van der Waals surface area contributed by atoms with Crippen molar-refractivity contribution in [1.82, 2.24) is 0 Å².